The van der Waals surface area contributed by atoms with Gasteiger partial charge in [-0.3, -0.25) is 4.98 Å². The number of thiocarbonyl (C=S) groups is 1. The van der Waals surface area contributed by atoms with Gasteiger partial charge in [0.2, 0.25) is 0 Å². The molecular formula is C24H19BrClN5S. The molecule has 0 saturated carbocycles. The number of rotatable bonds is 4. The first-order chi connectivity index (χ1) is 15.5. The zero-order valence-corrected chi connectivity index (χ0v) is 20.3. The summed E-state index contributed by atoms with van der Waals surface area (Å²) < 4.78 is 3.14. The van der Waals surface area contributed by atoms with Crippen LogP contribution in [0.4, 0.5) is 5.69 Å². The van der Waals surface area contributed by atoms with Crippen molar-refractivity contribution in [3.63, 3.8) is 0 Å². The molecule has 5 nitrogen and oxygen atoms in total. The summed E-state index contributed by atoms with van der Waals surface area (Å²) in [7, 11) is 0. The molecule has 4 aromatic rings. The highest BCUT2D eigenvalue weighted by Crippen LogP contribution is 2.42. The predicted octanol–water partition coefficient (Wildman–Crippen LogP) is 6.17. The van der Waals surface area contributed by atoms with Crippen LogP contribution >= 0.6 is 39.7 Å². The van der Waals surface area contributed by atoms with Crippen molar-refractivity contribution in [2.75, 3.05) is 4.90 Å². The molecule has 1 aliphatic heterocycles. The van der Waals surface area contributed by atoms with E-state index < -0.39 is 0 Å². The van der Waals surface area contributed by atoms with Crippen molar-refractivity contribution in [1.29, 1.82) is 0 Å². The van der Waals surface area contributed by atoms with Gasteiger partial charge in [0.15, 0.2) is 5.11 Å². The Morgan fingerprint density at radius 1 is 1.06 bits per heavy atom. The summed E-state index contributed by atoms with van der Waals surface area (Å²) in [5.74, 6) is 0.791. The van der Waals surface area contributed by atoms with Crippen LogP contribution in [0.1, 0.15) is 29.0 Å². The number of anilines is 1. The molecule has 0 aliphatic carbocycles. The second kappa shape index (κ2) is 8.65. The normalized spacial score (nSPS) is 18.1. The van der Waals surface area contributed by atoms with Gasteiger partial charge in [0, 0.05) is 34.4 Å². The third-order valence-corrected chi connectivity index (χ3v) is 6.99. The number of aromatic nitrogens is 3. The molecule has 2 atom stereocenters. The summed E-state index contributed by atoms with van der Waals surface area (Å²) in [6.07, 6.45) is 5.47. The molecule has 4 heterocycles. The lowest BCUT2D eigenvalue weighted by molar-refractivity contribution is 0.548. The molecule has 1 aliphatic rings. The molecule has 32 heavy (non-hydrogen) atoms. The topological polar surface area (TPSA) is 46.0 Å². The fourth-order valence-electron chi connectivity index (χ4n) is 4.07. The molecular weight excluding hydrogens is 506 g/mol. The summed E-state index contributed by atoms with van der Waals surface area (Å²) in [4.78, 5) is 11.3. The Labute approximate surface area is 205 Å². The van der Waals surface area contributed by atoms with Gasteiger partial charge in [0.05, 0.1) is 16.8 Å². The van der Waals surface area contributed by atoms with Crippen molar-refractivity contribution in [2.24, 2.45) is 0 Å². The summed E-state index contributed by atoms with van der Waals surface area (Å²) >= 11 is 15.5. The van der Waals surface area contributed by atoms with Gasteiger partial charge in [-0.15, -0.1) is 0 Å². The number of hydrogen-bond donors (Lipinski definition) is 1. The van der Waals surface area contributed by atoms with Gasteiger partial charge in [0.1, 0.15) is 11.9 Å². The molecule has 0 spiro atoms. The van der Waals surface area contributed by atoms with Crippen LogP contribution in [0.25, 0.3) is 5.82 Å². The lowest BCUT2D eigenvalue weighted by Crippen LogP contribution is -2.30. The van der Waals surface area contributed by atoms with E-state index in [0.29, 0.717) is 10.1 Å². The summed E-state index contributed by atoms with van der Waals surface area (Å²) in [5.41, 5.74) is 4.12. The monoisotopic (exact) mass is 523 g/mol. The molecule has 0 radical (unpaired) electrons. The van der Waals surface area contributed by atoms with E-state index in [1.807, 2.05) is 48.8 Å². The van der Waals surface area contributed by atoms with Gasteiger partial charge in [-0.25, -0.2) is 4.98 Å². The van der Waals surface area contributed by atoms with E-state index in [1.54, 1.807) is 6.20 Å². The quantitative estimate of drug-likeness (QED) is 0.324. The van der Waals surface area contributed by atoms with Crippen LogP contribution in [0.5, 0.6) is 0 Å². The first kappa shape index (κ1) is 21.1. The van der Waals surface area contributed by atoms with Gasteiger partial charge < -0.3 is 14.8 Å². The summed E-state index contributed by atoms with van der Waals surface area (Å²) in [6, 6.07) is 19.8. The minimum Gasteiger partial charge on any atom is -0.351 e. The second-order valence-electron chi connectivity index (χ2n) is 7.57. The Kier molecular flexibility index (Phi) is 5.71. The average Bonchev–Trinajstić information content (AvgIpc) is 3.41. The van der Waals surface area contributed by atoms with E-state index in [1.165, 1.54) is 0 Å². The van der Waals surface area contributed by atoms with E-state index in [2.05, 4.69) is 71.9 Å². The smallest absolute Gasteiger partial charge is 0.174 e. The zero-order valence-electron chi connectivity index (χ0n) is 17.1. The lowest BCUT2D eigenvalue weighted by atomic mass is 10.0. The Morgan fingerprint density at radius 2 is 1.94 bits per heavy atom. The summed E-state index contributed by atoms with van der Waals surface area (Å²) in [6.45, 7) is 2.08. The Bertz CT molecular complexity index is 1280. The largest absolute Gasteiger partial charge is 0.351 e. The SMILES string of the molecule is Cc1cc(N2C(=S)N[C@@H](c3ccccn3)[C@@H]2c2cccn2-c2ccc(Cl)cn2)ccc1Br. The van der Waals surface area contributed by atoms with E-state index >= 15 is 0 Å². The molecule has 3 aromatic heterocycles. The first-order valence-corrected chi connectivity index (χ1v) is 11.7. The van der Waals surface area contributed by atoms with Crippen LogP contribution in [0.2, 0.25) is 5.02 Å². The number of aryl methyl sites for hydroxylation is 1. The Balaban J connectivity index is 1.67. The minimum absolute atomic E-state index is 0.131. The molecule has 0 amide bonds. The predicted molar refractivity (Wildman–Crippen MR) is 135 cm³/mol. The van der Waals surface area contributed by atoms with Crippen LogP contribution < -0.4 is 10.2 Å². The highest BCUT2D eigenvalue weighted by Gasteiger charge is 2.42. The van der Waals surface area contributed by atoms with Crippen LogP contribution in [0.3, 0.4) is 0 Å². The molecule has 0 unspecified atom stereocenters. The highest BCUT2D eigenvalue weighted by molar-refractivity contribution is 9.10. The molecule has 5 rings (SSSR count). The first-order valence-electron chi connectivity index (χ1n) is 10.1. The summed E-state index contributed by atoms with van der Waals surface area (Å²) in [5, 5.41) is 4.77. The second-order valence-corrected chi connectivity index (χ2v) is 9.25. The maximum Gasteiger partial charge on any atom is 0.174 e. The number of hydrogen-bond acceptors (Lipinski definition) is 3. The third kappa shape index (κ3) is 3.81. The number of nitrogens with one attached hydrogen (secondary N) is 1. The van der Waals surface area contributed by atoms with Crippen molar-refractivity contribution in [1.82, 2.24) is 19.9 Å². The fraction of sp³-hybridized carbons (Fsp3) is 0.125. The molecule has 1 N–H and O–H groups in total. The van der Waals surface area contributed by atoms with E-state index in [9.17, 15) is 0 Å². The van der Waals surface area contributed by atoms with Gasteiger partial charge >= 0.3 is 0 Å². The number of halogens is 2. The molecule has 0 bridgehead atoms. The van der Waals surface area contributed by atoms with Crippen molar-refractivity contribution in [3.05, 3.63) is 106 Å². The van der Waals surface area contributed by atoms with Gasteiger partial charge in [-0.05, 0) is 79.3 Å². The zero-order chi connectivity index (χ0) is 22.2. The maximum absolute atomic E-state index is 6.07. The lowest BCUT2D eigenvalue weighted by Gasteiger charge is -2.29. The standard InChI is InChI=1S/C24H19BrClN5S/c1-15-13-17(8-9-18(15)25)31-23(22(29-24(31)32)19-5-2-3-11-27-19)20-6-4-12-30(20)21-10-7-16(26)14-28-21/h2-14,22-23H,1H3,(H,29,32)/t22-,23-/m0/s1. The minimum atomic E-state index is -0.134. The van der Waals surface area contributed by atoms with E-state index in [4.69, 9.17) is 23.8 Å². The average molecular weight is 525 g/mol. The van der Waals surface area contributed by atoms with Gasteiger partial charge in [-0.2, -0.15) is 0 Å². The molecule has 1 saturated heterocycles. The Hall–Kier alpha value is -2.74. The number of pyridine rings is 2. The Morgan fingerprint density at radius 3 is 2.66 bits per heavy atom. The van der Waals surface area contributed by atoms with Gasteiger partial charge in [0.25, 0.3) is 0 Å². The van der Waals surface area contributed by atoms with Crippen molar-refractivity contribution >= 4 is 50.5 Å². The number of benzene rings is 1. The molecule has 160 valence electrons. The van der Waals surface area contributed by atoms with E-state index in [-0.39, 0.29) is 12.1 Å². The maximum atomic E-state index is 6.07. The molecule has 8 heteroatoms. The van der Waals surface area contributed by atoms with Crippen LogP contribution in [-0.4, -0.2) is 19.6 Å². The van der Waals surface area contributed by atoms with Crippen LogP contribution in [0, 0.1) is 6.92 Å². The number of nitrogens with zero attached hydrogens (tertiary/aromatic N) is 4. The van der Waals surface area contributed by atoms with Gasteiger partial charge in [-0.1, -0.05) is 33.6 Å². The third-order valence-electron chi connectivity index (χ3n) is 5.56. The van der Waals surface area contributed by atoms with E-state index in [0.717, 1.165) is 32.9 Å². The fourth-order valence-corrected chi connectivity index (χ4v) is 4.77. The highest BCUT2D eigenvalue weighted by atomic mass is 79.9. The van der Waals surface area contributed by atoms with Crippen LogP contribution in [0.15, 0.2) is 83.7 Å². The van der Waals surface area contributed by atoms with Crippen molar-refractivity contribution in [2.45, 2.75) is 19.0 Å². The molecule has 1 fully saturated rings. The van der Waals surface area contributed by atoms with Crippen molar-refractivity contribution < 1.29 is 0 Å². The van der Waals surface area contributed by atoms with Crippen molar-refractivity contribution in [3.8, 4) is 5.82 Å². The molecule has 1 aromatic carbocycles. The van der Waals surface area contributed by atoms with Crippen LogP contribution in [-0.2, 0) is 0 Å².